The third-order valence-corrected chi connectivity index (χ3v) is 4.93. The third kappa shape index (κ3) is 5.14. The van der Waals surface area contributed by atoms with Crippen LogP contribution in [0.4, 0.5) is 4.39 Å². The summed E-state index contributed by atoms with van der Waals surface area (Å²) in [7, 11) is 0. The molecule has 156 valence electrons. The average molecular weight is 453 g/mol. The van der Waals surface area contributed by atoms with Crippen molar-refractivity contribution in [3.8, 4) is 0 Å². The van der Waals surface area contributed by atoms with Crippen molar-refractivity contribution in [2.24, 2.45) is 5.92 Å². The molecule has 0 saturated carbocycles. The van der Waals surface area contributed by atoms with Crippen LogP contribution < -0.4 is 5.43 Å². The van der Waals surface area contributed by atoms with Crippen molar-refractivity contribution in [3.63, 3.8) is 0 Å². The second kappa shape index (κ2) is 9.23. The summed E-state index contributed by atoms with van der Waals surface area (Å²) >= 11 is 11.8. The molecule has 1 aliphatic heterocycles. The number of hydrazine groups is 1. The fourth-order valence-corrected chi connectivity index (χ4v) is 3.30. The Morgan fingerprint density at radius 2 is 1.83 bits per heavy atom. The van der Waals surface area contributed by atoms with Gasteiger partial charge in [0.1, 0.15) is 5.82 Å². The molecule has 2 aromatic carbocycles. The first kappa shape index (κ1) is 21.7. The van der Waals surface area contributed by atoms with E-state index in [1.54, 1.807) is 0 Å². The Balaban J connectivity index is 1.54. The second-order valence-corrected chi connectivity index (χ2v) is 7.35. The van der Waals surface area contributed by atoms with Crippen molar-refractivity contribution < 1.29 is 28.3 Å². The molecule has 0 unspecified atom stereocenters. The van der Waals surface area contributed by atoms with Gasteiger partial charge in [0.2, 0.25) is 5.91 Å². The van der Waals surface area contributed by atoms with E-state index in [2.05, 4.69) is 5.43 Å². The van der Waals surface area contributed by atoms with Crippen LogP contribution in [0.3, 0.4) is 0 Å². The van der Waals surface area contributed by atoms with Gasteiger partial charge in [0.15, 0.2) is 12.4 Å². The molecule has 0 aliphatic carbocycles. The van der Waals surface area contributed by atoms with Gasteiger partial charge in [0.05, 0.1) is 23.0 Å². The fraction of sp³-hybridized carbons (Fsp3) is 0.200. The van der Waals surface area contributed by atoms with Crippen LogP contribution in [0.1, 0.15) is 27.1 Å². The molecule has 10 heteroatoms. The molecule has 1 aliphatic rings. The van der Waals surface area contributed by atoms with E-state index in [1.807, 2.05) is 0 Å². The van der Waals surface area contributed by atoms with E-state index in [4.69, 9.17) is 27.9 Å². The topological polar surface area (TPSA) is 92.8 Å². The number of rotatable bonds is 6. The maximum atomic E-state index is 12.9. The van der Waals surface area contributed by atoms with Crippen LogP contribution in [-0.2, 0) is 14.3 Å². The predicted octanol–water partition coefficient (Wildman–Crippen LogP) is 3.05. The zero-order valence-electron chi connectivity index (χ0n) is 15.4. The lowest BCUT2D eigenvalue weighted by Crippen LogP contribution is -2.43. The molecular weight excluding hydrogens is 438 g/mol. The lowest BCUT2D eigenvalue weighted by atomic mass is 10.1. The summed E-state index contributed by atoms with van der Waals surface area (Å²) in [5, 5.41) is 1.47. The highest BCUT2D eigenvalue weighted by atomic mass is 35.5. The minimum absolute atomic E-state index is 0.112. The number of benzene rings is 2. The number of carbonyl (C=O) groups is 4. The second-order valence-electron chi connectivity index (χ2n) is 6.51. The van der Waals surface area contributed by atoms with Crippen molar-refractivity contribution in [2.45, 2.75) is 6.42 Å². The molecule has 1 saturated heterocycles. The van der Waals surface area contributed by atoms with E-state index in [0.29, 0.717) is 5.02 Å². The van der Waals surface area contributed by atoms with Gasteiger partial charge in [-0.05, 0) is 42.5 Å². The van der Waals surface area contributed by atoms with Crippen LogP contribution in [-0.4, -0.2) is 41.7 Å². The van der Waals surface area contributed by atoms with Crippen molar-refractivity contribution in [2.75, 3.05) is 13.2 Å². The van der Waals surface area contributed by atoms with Crippen LogP contribution in [0, 0.1) is 11.7 Å². The van der Waals surface area contributed by atoms with Gasteiger partial charge < -0.3 is 4.74 Å². The Morgan fingerprint density at radius 3 is 2.50 bits per heavy atom. The van der Waals surface area contributed by atoms with Gasteiger partial charge >= 0.3 is 5.97 Å². The summed E-state index contributed by atoms with van der Waals surface area (Å²) in [6, 6.07) is 9.09. The first-order valence-corrected chi connectivity index (χ1v) is 9.52. The lowest BCUT2D eigenvalue weighted by molar-refractivity contribution is -0.147. The zero-order valence-corrected chi connectivity index (χ0v) is 16.9. The molecular formula is C20H15Cl2FN2O5. The highest BCUT2D eigenvalue weighted by Gasteiger charge is 2.37. The summed E-state index contributed by atoms with van der Waals surface area (Å²) in [6.45, 7) is -0.652. The number of amides is 2. The van der Waals surface area contributed by atoms with Crippen molar-refractivity contribution in [1.82, 2.24) is 10.4 Å². The minimum Gasteiger partial charge on any atom is -0.457 e. The van der Waals surface area contributed by atoms with Gasteiger partial charge in [-0.15, -0.1) is 0 Å². The third-order valence-electron chi connectivity index (χ3n) is 4.38. The number of ether oxygens (including phenoxy) is 1. The summed E-state index contributed by atoms with van der Waals surface area (Å²) < 4.78 is 17.9. The monoisotopic (exact) mass is 452 g/mol. The van der Waals surface area contributed by atoms with E-state index in [9.17, 15) is 23.6 Å². The van der Waals surface area contributed by atoms with Crippen LogP contribution >= 0.6 is 23.2 Å². The van der Waals surface area contributed by atoms with Gasteiger partial charge in [0, 0.05) is 17.0 Å². The highest BCUT2D eigenvalue weighted by Crippen LogP contribution is 2.22. The lowest BCUT2D eigenvalue weighted by Gasteiger charge is -2.18. The van der Waals surface area contributed by atoms with E-state index in [0.717, 1.165) is 17.1 Å². The molecule has 1 N–H and O–H groups in total. The predicted molar refractivity (Wildman–Crippen MR) is 105 cm³/mol. The molecule has 0 aromatic heterocycles. The number of hydrogen-bond donors (Lipinski definition) is 1. The summed E-state index contributed by atoms with van der Waals surface area (Å²) in [4.78, 5) is 48.7. The number of hydrogen-bond acceptors (Lipinski definition) is 5. The summed E-state index contributed by atoms with van der Waals surface area (Å²) in [5.74, 6) is -3.71. The SMILES string of the molecule is O=C(COC(=O)[C@H]1CC(=O)N(NC(=O)c2ccc(Cl)cc2Cl)C1)c1ccc(F)cc1. The summed E-state index contributed by atoms with van der Waals surface area (Å²) in [5.41, 5.74) is 2.70. The minimum atomic E-state index is -0.848. The number of Topliss-reactive ketones (excluding diaryl/α,β-unsaturated/α-hetero) is 1. The zero-order chi connectivity index (χ0) is 21.8. The van der Waals surface area contributed by atoms with Gasteiger partial charge in [-0.1, -0.05) is 23.2 Å². The van der Waals surface area contributed by atoms with Gasteiger partial charge in [0.25, 0.3) is 5.91 Å². The molecule has 2 amide bonds. The molecule has 3 rings (SSSR count). The van der Waals surface area contributed by atoms with Crippen molar-refractivity contribution >= 4 is 46.8 Å². The average Bonchev–Trinajstić information content (AvgIpc) is 3.06. The van der Waals surface area contributed by atoms with E-state index >= 15 is 0 Å². The quantitative estimate of drug-likeness (QED) is 0.536. The number of halogens is 3. The van der Waals surface area contributed by atoms with Crippen LogP contribution in [0.5, 0.6) is 0 Å². The maximum Gasteiger partial charge on any atom is 0.311 e. The van der Waals surface area contributed by atoms with Crippen LogP contribution in [0.15, 0.2) is 42.5 Å². The van der Waals surface area contributed by atoms with Gasteiger partial charge in [-0.25, -0.2) is 4.39 Å². The number of nitrogens with zero attached hydrogens (tertiary/aromatic N) is 1. The molecule has 0 spiro atoms. The first-order valence-electron chi connectivity index (χ1n) is 8.76. The molecule has 2 aromatic rings. The standard InChI is InChI=1S/C20H15Cl2FN2O5/c21-13-3-6-15(16(22)8-13)19(28)24-25-9-12(7-18(25)27)20(29)30-10-17(26)11-1-4-14(23)5-2-11/h1-6,8,12H,7,9-10H2,(H,24,28)/t12-/m0/s1. The Bertz CT molecular complexity index is 1010. The number of ketones is 1. The Morgan fingerprint density at radius 1 is 1.13 bits per heavy atom. The molecule has 1 atom stereocenters. The van der Waals surface area contributed by atoms with Gasteiger partial charge in [-0.2, -0.15) is 0 Å². The van der Waals surface area contributed by atoms with Crippen molar-refractivity contribution in [1.29, 1.82) is 0 Å². The van der Waals surface area contributed by atoms with Crippen LogP contribution in [0.25, 0.3) is 0 Å². The molecule has 1 heterocycles. The number of esters is 1. The smallest absolute Gasteiger partial charge is 0.311 e. The normalized spacial score (nSPS) is 15.8. The van der Waals surface area contributed by atoms with Crippen LogP contribution in [0.2, 0.25) is 10.0 Å². The Hall–Kier alpha value is -2.97. The number of nitrogens with one attached hydrogen (secondary N) is 1. The molecule has 7 nitrogen and oxygen atoms in total. The molecule has 0 radical (unpaired) electrons. The molecule has 0 bridgehead atoms. The van der Waals surface area contributed by atoms with E-state index in [1.165, 1.54) is 30.3 Å². The van der Waals surface area contributed by atoms with E-state index in [-0.39, 0.29) is 29.1 Å². The Kier molecular flexibility index (Phi) is 6.69. The highest BCUT2D eigenvalue weighted by molar-refractivity contribution is 6.36. The fourth-order valence-electron chi connectivity index (χ4n) is 2.80. The molecule has 30 heavy (non-hydrogen) atoms. The van der Waals surface area contributed by atoms with Crippen molar-refractivity contribution in [3.05, 3.63) is 69.5 Å². The largest absolute Gasteiger partial charge is 0.457 e. The first-order chi connectivity index (χ1) is 14.2. The van der Waals surface area contributed by atoms with E-state index < -0.39 is 41.9 Å². The molecule has 1 fully saturated rings. The van der Waals surface area contributed by atoms with Gasteiger partial charge in [-0.3, -0.25) is 29.6 Å². The maximum absolute atomic E-state index is 12.9. The summed E-state index contributed by atoms with van der Waals surface area (Å²) in [6.07, 6.45) is -0.182. The Labute approximate surface area is 180 Å². The number of carbonyl (C=O) groups excluding carboxylic acids is 4.